The van der Waals surface area contributed by atoms with Crippen molar-refractivity contribution in [2.24, 2.45) is 5.73 Å². The Balaban J connectivity index is 2.31. The van der Waals surface area contributed by atoms with E-state index in [0.29, 0.717) is 6.04 Å². The van der Waals surface area contributed by atoms with Gasteiger partial charge < -0.3 is 10.6 Å². The average molecular weight is 283 g/mol. The van der Waals surface area contributed by atoms with Crippen molar-refractivity contribution < 1.29 is 0 Å². The van der Waals surface area contributed by atoms with Crippen LogP contribution in [-0.4, -0.2) is 18.1 Å². The van der Waals surface area contributed by atoms with E-state index in [-0.39, 0.29) is 5.54 Å². The molecule has 1 aromatic carbocycles. The van der Waals surface area contributed by atoms with Crippen LogP contribution in [0.25, 0.3) is 0 Å². The Labute approximate surface area is 106 Å². The lowest BCUT2D eigenvalue weighted by molar-refractivity contribution is 0.327. The van der Waals surface area contributed by atoms with Gasteiger partial charge in [0, 0.05) is 22.6 Å². The molecule has 1 unspecified atom stereocenters. The van der Waals surface area contributed by atoms with Gasteiger partial charge in [0.25, 0.3) is 0 Å². The molecule has 1 atom stereocenters. The van der Waals surface area contributed by atoms with Crippen molar-refractivity contribution in [2.45, 2.75) is 38.3 Å². The third-order valence-electron chi connectivity index (χ3n) is 3.36. The van der Waals surface area contributed by atoms with Crippen molar-refractivity contribution in [1.29, 1.82) is 0 Å². The summed E-state index contributed by atoms with van der Waals surface area (Å²) in [5.74, 6) is 0. The summed E-state index contributed by atoms with van der Waals surface area (Å²) in [6.07, 6.45) is 2.12. The van der Waals surface area contributed by atoms with Gasteiger partial charge >= 0.3 is 0 Å². The largest absolute Gasteiger partial charge is 0.365 e. The number of hydrogen-bond donors (Lipinski definition) is 1. The van der Waals surface area contributed by atoms with Crippen LogP contribution in [0.3, 0.4) is 0 Å². The SMILES string of the molecule is CC1(C)CC(N)CCN1c1ccccc1Br. The van der Waals surface area contributed by atoms with Gasteiger partial charge in [-0.15, -0.1) is 0 Å². The van der Waals surface area contributed by atoms with Crippen molar-refractivity contribution in [3.05, 3.63) is 28.7 Å². The lowest BCUT2D eigenvalue weighted by atomic mass is 9.87. The molecule has 0 radical (unpaired) electrons. The fourth-order valence-corrected chi connectivity index (χ4v) is 3.07. The first-order chi connectivity index (χ1) is 7.50. The molecule has 16 heavy (non-hydrogen) atoms. The summed E-state index contributed by atoms with van der Waals surface area (Å²) in [7, 11) is 0. The van der Waals surface area contributed by atoms with Gasteiger partial charge in [-0.05, 0) is 54.8 Å². The van der Waals surface area contributed by atoms with Crippen molar-refractivity contribution in [2.75, 3.05) is 11.4 Å². The molecule has 1 heterocycles. The number of rotatable bonds is 1. The second kappa shape index (κ2) is 4.38. The third-order valence-corrected chi connectivity index (χ3v) is 4.03. The predicted molar refractivity (Wildman–Crippen MR) is 72.8 cm³/mol. The molecule has 0 bridgehead atoms. The minimum absolute atomic E-state index is 0.140. The van der Waals surface area contributed by atoms with Crippen molar-refractivity contribution >= 4 is 21.6 Å². The Morgan fingerprint density at radius 3 is 2.69 bits per heavy atom. The van der Waals surface area contributed by atoms with Gasteiger partial charge in [-0.2, -0.15) is 0 Å². The van der Waals surface area contributed by atoms with Gasteiger partial charge in [-0.25, -0.2) is 0 Å². The van der Waals surface area contributed by atoms with Crippen LogP contribution in [0.2, 0.25) is 0 Å². The molecule has 1 aliphatic rings. The second-order valence-electron chi connectivity index (χ2n) is 5.17. The molecular formula is C13H19BrN2. The van der Waals surface area contributed by atoms with E-state index in [1.54, 1.807) is 0 Å². The molecular weight excluding hydrogens is 264 g/mol. The number of nitrogens with two attached hydrogens (primary N) is 1. The summed E-state index contributed by atoms with van der Waals surface area (Å²) >= 11 is 3.63. The molecule has 0 saturated carbocycles. The van der Waals surface area contributed by atoms with Crippen LogP contribution in [0.4, 0.5) is 5.69 Å². The van der Waals surface area contributed by atoms with Crippen LogP contribution in [0.5, 0.6) is 0 Å². The fourth-order valence-electron chi connectivity index (χ4n) is 2.57. The molecule has 1 aromatic rings. The number of hydrogen-bond acceptors (Lipinski definition) is 2. The Morgan fingerprint density at radius 2 is 2.06 bits per heavy atom. The summed E-state index contributed by atoms with van der Waals surface area (Å²) in [6, 6.07) is 8.75. The maximum absolute atomic E-state index is 6.05. The Kier molecular flexibility index (Phi) is 3.27. The average Bonchev–Trinajstić information content (AvgIpc) is 2.18. The molecule has 88 valence electrons. The smallest absolute Gasteiger partial charge is 0.0515 e. The van der Waals surface area contributed by atoms with Crippen molar-refractivity contribution in [3.63, 3.8) is 0 Å². The van der Waals surface area contributed by atoms with E-state index in [4.69, 9.17) is 5.73 Å². The number of benzene rings is 1. The van der Waals surface area contributed by atoms with Crippen LogP contribution in [0.15, 0.2) is 28.7 Å². The van der Waals surface area contributed by atoms with Gasteiger partial charge in [0.1, 0.15) is 0 Å². The van der Waals surface area contributed by atoms with Crippen molar-refractivity contribution in [1.82, 2.24) is 0 Å². The fraction of sp³-hybridized carbons (Fsp3) is 0.538. The number of halogens is 1. The van der Waals surface area contributed by atoms with Crippen LogP contribution in [-0.2, 0) is 0 Å². The van der Waals surface area contributed by atoms with Crippen molar-refractivity contribution in [3.8, 4) is 0 Å². The predicted octanol–water partition coefficient (Wildman–Crippen LogP) is 3.16. The minimum Gasteiger partial charge on any atom is -0.365 e. The van der Waals surface area contributed by atoms with E-state index < -0.39 is 0 Å². The van der Waals surface area contributed by atoms with Gasteiger partial charge in [-0.3, -0.25) is 0 Å². The number of para-hydroxylation sites is 1. The Bertz CT molecular complexity index is 376. The molecule has 0 aliphatic carbocycles. The zero-order chi connectivity index (χ0) is 11.8. The van der Waals surface area contributed by atoms with E-state index in [1.165, 1.54) is 10.2 Å². The normalized spacial score (nSPS) is 24.5. The quantitative estimate of drug-likeness (QED) is 0.858. The lowest BCUT2D eigenvalue weighted by Crippen LogP contribution is -2.53. The Hall–Kier alpha value is -0.540. The molecule has 0 aromatic heterocycles. The molecule has 0 amide bonds. The third kappa shape index (κ3) is 2.25. The molecule has 0 spiro atoms. The maximum atomic E-state index is 6.05. The van der Waals surface area contributed by atoms with Crippen LogP contribution < -0.4 is 10.6 Å². The van der Waals surface area contributed by atoms with E-state index >= 15 is 0 Å². The van der Waals surface area contributed by atoms with E-state index in [9.17, 15) is 0 Å². The molecule has 1 fully saturated rings. The highest BCUT2D eigenvalue weighted by atomic mass is 79.9. The maximum Gasteiger partial charge on any atom is 0.0515 e. The standard InChI is InChI=1S/C13H19BrN2/c1-13(2)9-10(15)7-8-16(13)12-6-4-3-5-11(12)14/h3-6,10H,7-9,15H2,1-2H3. The molecule has 2 nitrogen and oxygen atoms in total. The first-order valence-electron chi connectivity index (χ1n) is 5.78. The summed E-state index contributed by atoms with van der Waals surface area (Å²) in [6.45, 7) is 5.58. The highest BCUT2D eigenvalue weighted by molar-refractivity contribution is 9.10. The highest BCUT2D eigenvalue weighted by Gasteiger charge is 2.33. The molecule has 3 heteroatoms. The number of anilines is 1. The monoisotopic (exact) mass is 282 g/mol. The molecule has 1 aliphatic heterocycles. The van der Waals surface area contributed by atoms with Crippen LogP contribution in [0, 0.1) is 0 Å². The van der Waals surface area contributed by atoms with Gasteiger partial charge in [0.05, 0.1) is 5.69 Å². The van der Waals surface area contributed by atoms with E-state index in [0.717, 1.165) is 19.4 Å². The Morgan fingerprint density at radius 1 is 1.38 bits per heavy atom. The van der Waals surface area contributed by atoms with Crippen LogP contribution in [0.1, 0.15) is 26.7 Å². The first-order valence-corrected chi connectivity index (χ1v) is 6.58. The molecule has 1 saturated heterocycles. The zero-order valence-corrected chi connectivity index (χ0v) is 11.5. The van der Waals surface area contributed by atoms with E-state index in [2.05, 4.69) is 58.9 Å². The van der Waals surface area contributed by atoms with Gasteiger partial charge in [-0.1, -0.05) is 12.1 Å². The highest BCUT2D eigenvalue weighted by Crippen LogP contribution is 2.36. The number of piperidine rings is 1. The second-order valence-corrected chi connectivity index (χ2v) is 6.02. The van der Waals surface area contributed by atoms with Crippen LogP contribution >= 0.6 is 15.9 Å². The van der Waals surface area contributed by atoms with E-state index in [1.807, 2.05) is 0 Å². The van der Waals surface area contributed by atoms with Gasteiger partial charge in [0.2, 0.25) is 0 Å². The molecule has 2 N–H and O–H groups in total. The molecule has 2 rings (SSSR count). The van der Waals surface area contributed by atoms with Gasteiger partial charge in [0.15, 0.2) is 0 Å². The topological polar surface area (TPSA) is 29.3 Å². The summed E-state index contributed by atoms with van der Waals surface area (Å²) in [4.78, 5) is 2.46. The zero-order valence-electron chi connectivity index (χ0n) is 9.91. The minimum atomic E-state index is 0.140. The summed E-state index contributed by atoms with van der Waals surface area (Å²) < 4.78 is 1.17. The number of nitrogens with zero attached hydrogens (tertiary/aromatic N) is 1. The summed E-state index contributed by atoms with van der Waals surface area (Å²) in [5.41, 5.74) is 7.47. The summed E-state index contributed by atoms with van der Waals surface area (Å²) in [5, 5.41) is 0. The first kappa shape index (κ1) is 11.9. The lowest BCUT2D eigenvalue weighted by Gasteiger charge is -2.46.